The molecular weight excluding hydrogens is 334 g/mol. The number of ketones is 1. The molecule has 2 aromatic carbocycles. The summed E-state index contributed by atoms with van der Waals surface area (Å²) in [6, 6.07) is 16.4. The van der Waals surface area contributed by atoms with Crippen LogP contribution in [-0.4, -0.2) is 31.6 Å². The van der Waals surface area contributed by atoms with Gasteiger partial charge in [0.25, 0.3) is 0 Å². The SMILES string of the molecule is CC(=O)C1(c2ccccc2)CCCN(S(=O)(=O)c2ccc(C)cc2)C1. The largest absolute Gasteiger partial charge is 0.299 e. The molecule has 0 N–H and O–H groups in total. The minimum atomic E-state index is -3.61. The number of benzene rings is 2. The molecule has 0 amide bonds. The summed E-state index contributed by atoms with van der Waals surface area (Å²) in [5.74, 6) is 0.0162. The van der Waals surface area contributed by atoms with Crippen LogP contribution in [-0.2, 0) is 20.2 Å². The van der Waals surface area contributed by atoms with Crippen LogP contribution in [0.25, 0.3) is 0 Å². The first-order valence-electron chi connectivity index (χ1n) is 8.50. The molecule has 2 aromatic rings. The van der Waals surface area contributed by atoms with E-state index in [2.05, 4.69) is 0 Å². The molecule has 0 aliphatic carbocycles. The zero-order valence-electron chi connectivity index (χ0n) is 14.6. The fourth-order valence-electron chi connectivity index (χ4n) is 3.56. The van der Waals surface area contributed by atoms with Crippen molar-refractivity contribution in [2.75, 3.05) is 13.1 Å². The molecule has 0 saturated carbocycles. The van der Waals surface area contributed by atoms with Gasteiger partial charge in [-0.15, -0.1) is 0 Å². The van der Waals surface area contributed by atoms with Crippen LogP contribution in [0.15, 0.2) is 59.5 Å². The summed E-state index contributed by atoms with van der Waals surface area (Å²) in [5.41, 5.74) is 1.14. The second kappa shape index (κ2) is 6.73. The highest BCUT2D eigenvalue weighted by Crippen LogP contribution is 2.37. The van der Waals surface area contributed by atoms with Gasteiger partial charge in [0.1, 0.15) is 5.78 Å². The normalized spacial score (nSPS) is 21.8. The van der Waals surface area contributed by atoms with Crippen molar-refractivity contribution in [2.24, 2.45) is 0 Å². The molecule has 1 fully saturated rings. The lowest BCUT2D eigenvalue weighted by atomic mass is 9.72. The molecule has 1 aliphatic rings. The van der Waals surface area contributed by atoms with Gasteiger partial charge in [0.2, 0.25) is 10.0 Å². The van der Waals surface area contributed by atoms with Gasteiger partial charge in [-0.1, -0.05) is 48.0 Å². The quantitative estimate of drug-likeness (QED) is 0.843. The molecule has 1 unspecified atom stereocenters. The van der Waals surface area contributed by atoms with Crippen molar-refractivity contribution in [1.82, 2.24) is 4.31 Å². The molecule has 5 heteroatoms. The molecule has 25 heavy (non-hydrogen) atoms. The molecule has 1 atom stereocenters. The van der Waals surface area contributed by atoms with Crippen molar-refractivity contribution in [1.29, 1.82) is 0 Å². The molecule has 0 bridgehead atoms. The molecule has 3 rings (SSSR count). The zero-order valence-corrected chi connectivity index (χ0v) is 15.4. The number of sulfonamides is 1. The van der Waals surface area contributed by atoms with Crippen LogP contribution in [0.5, 0.6) is 0 Å². The highest BCUT2D eigenvalue weighted by Gasteiger charge is 2.44. The molecule has 0 aromatic heterocycles. The van der Waals surface area contributed by atoms with Crippen molar-refractivity contribution in [3.05, 3.63) is 65.7 Å². The van der Waals surface area contributed by atoms with E-state index in [0.29, 0.717) is 19.4 Å². The molecule has 1 aliphatic heterocycles. The highest BCUT2D eigenvalue weighted by atomic mass is 32.2. The van der Waals surface area contributed by atoms with Crippen LogP contribution in [0.1, 0.15) is 30.9 Å². The standard InChI is InChI=1S/C20H23NO3S/c1-16-9-11-19(12-10-16)25(23,24)21-14-6-13-20(15-21,17(2)22)18-7-4-3-5-8-18/h3-5,7-12H,6,13-15H2,1-2H3. The Kier molecular flexibility index (Phi) is 4.80. The second-order valence-electron chi connectivity index (χ2n) is 6.76. The molecule has 4 nitrogen and oxygen atoms in total. The maximum Gasteiger partial charge on any atom is 0.243 e. The Balaban J connectivity index is 1.99. The number of Topliss-reactive ketones (excluding diaryl/α,β-unsaturated/α-hetero) is 1. The van der Waals surface area contributed by atoms with Gasteiger partial charge >= 0.3 is 0 Å². The summed E-state index contributed by atoms with van der Waals surface area (Å²) in [6.07, 6.45) is 1.34. The van der Waals surface area contributed by atoms with Gasteiger partial charge in [0.15, 0.2) is 0 Å². The topological polar surface area (TPSA) is 54.5 Å². The van der Waals surface area contributed by atoms with Crippen molar-refractivity contribution in [2.45, 2.75) is 37.0 Å². The Morgan fingerprint density at radius 1 is 1.04 bits per heavy atom. The lowest BCUT2D eigenvalue weighted by Crippen LogP contribution is -2.51. The van der Waals surface area contributed by atoms with Crippen molar-refractivity contribution in [3.8, 4) is 0 Å². The monoisotopic (exact) mass is 357 g/mol. The van der Waals surface area contributed by atoms with E-state index in [-0.39, 0.29) is 17.2 Å². The predicted molar refractivity (Wildman–Crippen MR) is 98.0 cm³/mol. The van der Waals surface area contributed by atoms with Crippen LogP contribution in [0.3, 0.4) is 0 Å². The summed E-state index contributed by atoms with van der Waals surface area (Å²) in [6.45, 7) is 4.13. The van der Waals surface area contributed by atoms with E-state index in [0.717, 1.165) is 11.1 Å². The van der Waals surface area contributed by atoms with E-state index >= 15 is 0 Å². The zero-order chi connectivity index (χ0) is 18.1. The average Bonchev–Trinajstić information content (AvgIpc) is 2.62. The van der Waals surface area contributed by atoms with Crippen LogP contribution in [0.4, 0.5) is 0 Å². The summed E-state index contributed by atoms with van der Waals surface area (Å²) in [7, 11) is -3.61. The first-order chi connectivity index (χ1) is 11.9. The van der Waals surface area contributed by atoms with Gasteiger partial charge in [0, 0.05) is 13.1 Å². The Bertz CT molecular complexity index is 860. The third-order valence-corrected chi connectivity index (χ3v) is 6.98. The predicted octanol–water partition coefficient (Wildman–Crippen LogP) is 3.31. The van der Waals surface area contributed by atoms with E-state index in [1.807, 2.05) is 37.3 Å². The third kappa shape index (κ3) is 3.26. The molecule has 1 saturated heterocycles. The van der Waals surface area contributed by atoms with Crippen LogP contribution >= 0.6 is 0 Å². The Morgan fingerprint density at radius 2 is 1.68 bits per heavy atom. The fourth-order valence-corrected chi connectivity index (χ4v) is 5.10. The van der Waals surface area contributed by atoms with Crippen molar-refractivity contribution >= 4 is 15.8 Å². The van der Waals surface area contributed by atoms with Gasteiger partial charge in [-0.3, -0.25) is 4.79 Å². The summed E-state index contributed by atoms with van der Waals surface area (Å²) in [5, 5.41) is 0. The second-order valence-corrected chi connectivity index (χ2v) is 8.70. The number of aryl methyl sites for hydroxylation is 1. The van der Waals surface area contributed by atoms with Crippen molar-refractivity contribution in [3.63, 3.8) is 0 Å². The summed E-state index contributed by atoms with van der Waals surface area (Å²) >= 11 is 0. The Hall–Kier alpha value is -1.98. The highest BCUT2D eigenvalue weighted by molar-refractivity contribution is 7.89. The summed E-state index contributed by atoms with van der Waals surface area (Å²) < 4.78 is 27.6. The Labute approximate surface area is 149 Å². The number of hydrogen-bond donors (Lipinski definition) is 0. The van der Waals surface area contributed by atoms with E-state index in [1.165, 1.54) is 4.31 Å². The van der Waals surface area contributed by atoms with Crippen LogP contribution in [0.2, 0.25) is 0 Å². The first-order valence-corrected chi connectivity index (χ1v) is 9.94. The van der Waals surface area contributed by atoms with E-state index in [4.69, 9.17) is 0 Å². The summed E-state index contributed by atoms with van der Waals surface area (Å²) in [4.78, 5) is 12.8. The van der Waals surface area contributed by atoms with E-state index < -0.39 is 15.4 Å². The number of piperidine rings is 1. The molecule has 0 spiro atoms. The number of carbonyl (C=O) groups is 1. The van der Waals surface area contributed by atoms with E-state index in [9.17, 15) is 13.2 Å². The smallest absolute Gasteiger partial charge is 0.243 e. The maximum absolute atomic E-state index is 13.1. The van der Waals surface area contributed by atoms with Gasteiger partial charge in [-0.05, 0) is 44.4 Å². The molecule has 0 radical (unpaired) electrons. The number of hydrogen-bond acceptors (Lipinski definition) is 3. The maximum atomic E-state index is 13.1. The Morgan fingerprint density at radius 3 is 2.28 bits per heavy atom. The van der Waals surface area contributed by atoms with Crippen LogP contribution < -0.4 is 0 Å². The van der Waals surface area contributed by atoms with Gasteiger partial charge < -0.3 is 0 Å². The fraction of sp³-hybridized carbons (Fsp3) is 0.350. The average molecular weight is 357 g/mol. The number of rotatable bonds is 4. The lowest BCUT2D eigenvalue weighted by Gasteiger charge is -2.41. The van der Waals surface area contributed by atoms with Crippen molar-refractivity contribution < 1.29 is 13.2 Å². The van der Waals surface area contributed by atoms with Crippen LogP contribution in [0, 0.1) is 6.92 Å². The molecular formula is C20H23NO3S. The third-order valence-electron chi connectivity index (χ3n) is 5.12. The van der Waals surface area contributed by atoms with Gasteiger partial charge in [-0.2, -0.15) is 4.31 Å². The van der Waals surface area contributed by atoms with E-state index in [1.54, 1.807) is 31.2 Å². The minimum Gasteiger partial charge on any atom is -0.299 e. The number of nitrogens with zero attached hydrogens (tertiary/aromatic N) is 1. The molecule has 132 valence electrons. The lowest BCUT2D eigenvalue weighted by molar-refractivity contribution is -0.123. The first kappa shape index (κ1) is 17.8. The van der Waals surface area contributed by atoms with Gasteiger partial charge in [-0.25, -0.2) is 8.42 Å². The minimum absolute atomic E-state index is 0.0162. The molecule has 1 heterocycles. The number of carbonyl (C=O) groups excluding carboxylic acids is 1. The van der Waals surface area contributed by atoms with Gasteiger partial charge in [0.05, 0.1) is 10.3 Å².